The molecule has 0 aliphatic rings. The number of ether oxygens (including phenoxy) is 3. The van der Waals surface area contributed by atoms with Gasteiger partial charge < -0.3 is 23.8 Å². The van der Waals surface area contributed by atoms with E-state index in [1.807, 2.05) is 21.1 Å². The molecular weight excluding hydrogens is 534 g/mol. The Hall–Kier alpha value is -2.45. The highest BCUT2D eigenvalue weighted by atomic mass is 16.6. The molecule has 0 aromatic heterocycles. The molecule has 8 heteroatoms. The van der Waals surface area contributed by atoms with Crippen LogP contribution in [0.1, 0.15) is 110 Å². The van der Waals surface area contributed by atoms with Crippen molar-refractivity contribution < 1.29 is 38.2 Å². The second-order valence-electron chi connectivity index (χ2n) is 11.7. The Labute approximate surface area is 255 Å². The van der Waals surface area contributed by atoms with E-state index >= 15 is 0 Å². The topological polar surface area (TPSA) is 99.1 Å². The molecule has 2 atom stereocenters. The van der Waals surface area contributed by atoms with Crippen LogP contribution in [0.4, 0.5) is 0 Å². The van der Waals surface area contributed by atoms with Crippen LogP contribution in [0.25, 0.3) is 0 Å². The van der Waals surface area contributed by atoms with Crippen molar-refractivity contribution in [3.8, 4) is 0 Å². The summed E-state index contributed by atoms with van der Waals surface area (Å²) in [5, 5.41) is 9.52. The van der Waals surface area contributed by atoms with Crippen molar-refractivity contribution in [2.45, 2.75) is 122 Å². The first kappa shape index (κ1) is 39.5. The minimum absolute atomic E-state index is 0.0390. The highest BCUT2D eigenvalue weighted by Gasteiger charge is 2.31. The Balaban J connectivity index is 4.61. The van der Waals surface area contributed by atoms with Gasteiger partial charge in [0.15, 0.2) is 12.1 Å². The molecule has 0 radical (unpaired) electrons. The molecule has 0 aliphatic heterocycles. The van der Waals surface area contributed by atoms with Gasteiger partial charge in [0.1, 0.15) is 6.61 Å². The Morgan fingerprint density at radius 1 is 0.738 bits per heavy atom. The smallest absolute Gasteiger partial charge is 0.362 e. The molecule has 2 unspecified atom stereocenters. The van der Waals surface area contributed by atoms with Crippen molar-refractivity contribution in [3.05, 3.63) is 36.5 Å². The maximum Gasteiger partial charge on any atom is 0.362 e. The van der Waals surface area contributed by atoms with Gasteiger partial charge >= 0.3 is 17.9 Å². The summed E-state index contributed by atoms with van der Waals surface area (Å²) in [6.07, 6.45) is 25.0. The number of hydrogen-bond acceptors (Lipinski definition) is 6. The summed E-state index contributed by atoms with van der Waals surface area (Å²) in [5.41, 5.74) is 0. The van der Waals surface area contributed by atoms with Crippen molar-refractivity contribution in [1.82, 2.24) is 0 Å². The maximum absolute atomic E-state index is 12.5. The summed E-state index contributed by atoms with van der Waals surface area (Å²) < 4.78 is 17.0. The first-order chi connectivity index (χ1) is 20.1. The number of carboxylic acid groups (broad SMARTS) is 1. The maximum atomic E-state index is 12.5. The van der Waals surface area contributed by atoms with Crippen molar-refractivity contribution in [1.29, 1.82) is 0 Å². The lowest BCUT2D eigenvalue weighted by Gasteiger charge is -2.31. The minimum atomic E-state index is -0.887. The molecular formula is C34H60NO7+. The lowest BCUT2D eigenvalue weighted by atomic mass is 10.1. The van der Waals surface area contributed by atoms with Crippen LogP contribution in [0, 0.1) is 0 Å². The summed E-state index contributed by atoms with van der Waals surface area (Å²) in [7, 11) is 5.47. The normalized spacial score (nSPS) is 13.6. The number of allylic oxidation sites excluding steroid dienone is 6. The van der Waals surface area contributed by atoms with Gasteiger partial charge in [-0.15, -0.1) is 0 Å². The van der Waals surface area contributed by atoms with Crippen LogP contribution in [0.5, 0.6) is 0 Å². The molecule has 0 saturated carbocycles. The zero-order valence-corrected chi connectivity index (χ0v) is 27.2. The van der Waals surface area contributed by atoms with E-state index in [4.69, 9.17) is 14.2 Å². The molecule has 0 aliphatic carbocycles. The molecule has 242 valence electrons. The number of carbonyl (C=O) groups excluding carboxylic acids is 2. The monoisotopic (exact) mass is 594 g/mol. The van der Waals surface area contributed by atoms with E-state index in [-0.39, 0.29) is 42.7 Å². The molecule has 0 aromatic carbocycles. The zero-order valence-electron chi connectivity index (χ0n) is 27.2. The van der Waals surface area contributed by atoms with Crippen molar-refractivity contribution >= 4 is 17.9 Å². The van der Waals surface area contributed by atoms with E-state index < -0.39 is 18.1 Å². The van der Waals surface area contributed by atoms with E-state index in [9.17, 15) is 19.5 Å². The van der Waals surface area contributed by atoms with E-state index in [2.05, 4.69) is 50.3 Å². The van der Waals surface area contributed by atoms with Crippen LogP contribution in [0.2, 0.25) is 0 Å². The van der Waals surface area contributed by atoms with Crippen molar-refractivity contribution in [2.75, 3.05) is 41.0 Å². The molecule has 42 heavy (non-hydrogen) atoms. The van der Waals surface area contributed by atoms with Gasteiger partial charge in [-0.05, 0) is 57.8 Å². The van der Waals surface area contributed by atoms with Crippen LogP contribution in [-0.2, 0) is 28.6 Å². The Morgan fingerprint density at radius 3 is 2.00 bits per heavy atom. The fraction of sp³-hybridized carbons (Fsp3) is 0.735. The van der Waals surface area contributed by atoms with Crippen LogP contribution in [0.3, 0.4) is 0 Å². The highest BCUT2D eigenvalue weighted by Crippen LogP contribution is 2.11. The van der Waals surface area contributed by atoms with E-state index in [1.54, 1.807) is 0 Å². The average Bonchev–Trinajstić information content (AvgIpc) is 2.92. The predicted octanol–water partition coefficient (Wildman–Crippen LogP) is 7.18. The SMILES string of the molecule is CC/C=C/C/C=C/CCCCC(=O)OC(COCCC(C(=O)O)[N+](C)(C)C)COC(=O)CCC/C=C/CCCCCC. The quantitative estimate of drug-likeness (QED) is 0.0465. The van der Waals surface area contributed by atoms with Crippen LogP contribution in [0.15, 0.2) is 36.5 Å². The molecule has 0 heterocycles. The van der Waals surface area contributed by atoms with Gasteiger partial charge in [-0.25, -0.2) is 4.79 Å². The van der Waals surface area contributed by atoms with Crippen molar-refractivity contribution in [2.24, 2.45) is 0 Å². The molecule has 0 fully saturated rings. The number of rotatable bonds is 27. The van der Waals surface area contributed by atoms with Gasteiger partial charge in [0.05, 0.1) is 34.4 Å². The number of likely N-dealkylation sites (N-methyl/N-ethyl adjacent to an activating group) is 1. The standard InChI is InChI=1S/C34H59NO7/c1-6-8-10-12-14-16-18-20-22-24-32(36)41-29-30(28-40-27-26-31(34(38)39)35(3,4)5)42-33(37)25-23-21-19-17-15-13-11-9-7-2/h9,11,15-18,30-31H,6-8,10,12-14,19-29H2,1-5H3/p+1/b11-9+,17-15+,18-16+. The van der Waals surface area contributed by atoms with Crippen molar-refractivity contribution in [3.63, 3.8) is 0 Å². The summed E-state index contributed by atoms with van der Waals surface area (Å²) in [5.74, 6) is -1.57. The van der Waals surface area contributed by atoms with Crippen LogP contribution in [-0.4, -0.2) is 80.6 Å². The third-order valence-corrected chi connectivity index (χ3v) is 6.77. The molecule has 1 N–H and O–H groups in total. The van der Waals surface area contributed by atoms with Gasteiger partial charge in [0.2, 0.25) is 0 Å². The zero-order chi connectivity index (χ0) is 31.5. The highest BCUT2D eigenvalue weighted by molar-refractivity contribution is 5.72. The van der Waals surface area contributed by atoms with Gasteiger partial charge in [0.25, 0.3) is 0 Å². The summed E-state index contributed by atoms with van der Waals surface area (Å²) in [6, 6.07) is -0.620. The number of quaternary nitrogens is 1. The fourth-order valence-corrected chi connectivity index (χ4v) is 4.25. The Kier molecular flexibility index (Phi) is 24.7. The number of nitrogens with zero attached hydrogens (tertiary/aromatic N) is 1. The Bertz CT molecular complexity index is 798. The van der Waals surface area contributed by atoms with Gasteiger partial charge in [-0.2, -0.15) is 0 Å². The third-order valence-electron chi connectivity index (χ3n) is 6.77. The first-order valence-corrected chi connectivity index (χ1v) is 16.0. The first-order valence-electron chi connectivity index (χ1n) is 16.0. The number of carboxylic acids is 1. The van der Waals surface area contributed by atoms with Crippen LogP contribution >= 0.6 is 0 Å². The molecule has 8 nitrogen and oxygen atoms in total. The minimum Gasteiger partial charge on any atom is -0.477 e. The largest absolute Gasteiger partial charge is 0.477 e. The average molecular weight is 595 g/mol. The lowest BCUT2D eigenvalue weighted by molar-refractivity contribution is -0.887. The van der Waals surface area contributed by atoms with Gasteiger partial charge in [-0.3, -0.25) is 9.59 Å². The molecule has 0 rings (SSSR count). The predicted molar refractivity (Wildman–Crippen MR) is 169 cm³/mol. The van der Waals surface area contributed by atoms with E-state index in [0.29, 0.717) is 25.7 Å². The van der Waals surface area contributed by atoms with E-state index in [0.717, 1.165) is 38.5 Å². The number of aliphatic carboxylic acids is 1. The number of unbranched alkanes of at least 4 members (excludes halogenated alkanes) is 7. The lowest BCUT2D eigenvalue weighted by Crippen LogP contribution is -2.50. The molecule has 0 bridgehead atoms. The summed E-state index contributed by atoms with van der Waals surface area (Å²) in [4.78, 5) is 36.4. The Morgan fingerprint density at radius 2 is 1.36 bits per heavy atom. The molecule has 0 aromatic rings. The third kappa shape index (κ3) is 24.2. The summed E-state index contributed by atoms with van der Waals surface area (Å²) >= 11 is 0. The molecule has 0 amide bonds. The second-order valence-corrected chi connectivity index (χ2v) is 11.7. The second kappa shape index (κ2) is 26.2. The number of hydrogen-bond donors (Lipinski definition) is 1. The van der Waals surface area contributed by atoms with Gasteiger partial charge in [-0.1, -0.05) is 69.6 Å². The molecule has 0 saturated heterocycles. The number of carbonyl (C=O) groups is 3. The number of esters is 2. The fourth-order valence-electron chi connectivity index (χ4n) is 4.25. The van der Waals surface area contributed by atoms with Crippen LogP contribution < -0.4 is 0 Å². The molecule has 0 spiro atoms. The summed E-state index contributed by atoms with van der Waals surface area (Å²) in [6.45, 7) is 4.46. The van der Waals surface area contributed by atoms with Gasteiger partial charge in [0, 0.05) is 19.3 Å². The van der Waals surface area contributed by atoms with E-state index in [1.165, 1.54) is 25.7 Å².